The molecule has 4 rings (SSSR count). The van der Waals surface area contributed by atoms with Crippen LogP contribution in [0.5, 0.6) is 5.75 Å². The molecule has 0 amide bonds. The Morgan fingerprint density at radius 2 is 2.12 bits per heavy atom. The summed E-state index contributed by atoms with van der Waals surface area (Å²) in [5.74, 6) is 1.09. The van der Waals surface area contributed by atoms with Gasteiger partial charge >= 0.3 is 6.61 Å². The van der Waals surface area contributed by atoms with Crippen LogP contribution in [-0.4, -0.2) is 43.4 Å². The van der Waals surface area contributed by atoms with Crippen LogP contribution in [0.25, 0.3) is 27.9 Å². The van der Waals surface area contributed by atoms with Gasteiger partial charge in [-0.25, -0.2) is 14.5 Å². The zero-order chi connectivity index (χ0) is 18.3. The predicted molar refractivity (Wildman–Crippen MR) is 89.9 cm³/mol. The summed E-state index contributed by atoms with van der Waals surface area (Å²) >= 11 is 0. The number of anilines is 2. The Hall–Kier alpha value is -3.63. The summed E-state index contributed by atoms with van der Waals surface area (Å²) in [6.07, 6.45) is 2.91. The lowest BCUT2D eigenvalue weighted by molar-refractivity contribution is -0.0501. The molecule has 0 fully saturated rings. The van der Waals surface area contributed by atoms with E-state index in [4.69, 9.17) is 5.73 Å². The third-order valence-corrected chi connectivity index (χ3v) is 3.66. The first-order chi connectivity index (χ1) is 12.5. The van der Waals surface area contributed by atoms with Crippen molar-refractivity contribution in [2.24, 2.45) is 0 Å². The SMILES string of the molecule is CNc1ncc(-c2nc3ccc(OC(F)F)cn3n2)c2cc(N)nnc12. The maximum atomic E-state index is 12.4. The molecule has 0 saturated carbocycles. The number of nitrogens with zero attached hydrogens (tertiary/aromatic N) is 6. The van der Waals surface area contributed by atoms with Gasteiger partial charge in [-0.3, -0.25) is 0 Å². The quantitative estimate of drug-likeness (QED) is 0.569. The monoisotopic (exact) mass is 358 g/mol. The fraction of sp³-hybridized carbons (Fsp3) is 0.133. The van der Waals surface area contributed by atoms with Gasteiger partial charge in [0.1, 0.15) is 17.1 Å². The number of nitrogens with one attached hydrogen (secondary N) is 1. The summed E-state index contributed by atoms with van der Waals surface area (Å²) in [6, 6.07) is 4.57. The van der Waals surface area contributed by atoms with Crippen LogP contribution in [0.15, 0.2) is 30.6 Å². The number of nitrogens with two attached hydrogens (primary N) is 1. The minimum Gasteiger partial charge on any atom is -0.433 e. The lowest BCUT2D eigenvalue weighted by Crippen LogP contribution is -2.03. The average molecular weight is 358 g/mol. The number of ether oxygens (including phenoxy) is 1. The first-order valence-corrected chi connectivity index (χ1v) is 7.46. The van der Waals surface area contributed by atoms with Crippen molar-refractivity contribution >= 4 is 28.2 Å². The van der Waals surface area contributed by atoms with Crippen LogP contribution < -0.4 is 15.8 Å². The van der Waals surface area contributed by atoms with E-state index in [0.717, 1.165) is 0 Å². The topological polar surface area (TPSA) is 116 Å². The summed E-state index contributed by atoms with van der Waals surface area (Å²) in [4.78, 5) is 8.69. The fourth-order valence-electron chi connectivity index (χ4n) is 2.56. The van der Waals surface area contributed by atoms with Crippen molar-refractivity contribution in [3.05, 3.63) is 30.6 Å². The molecular formula is C15H12F2N8O. The molecule has 4 aromatic rings. The van der Waals surface area contributed by atoms with E-state index < -0.39 is 6.61 Å². The molecule has 0 aliphatic rings. The van der Waals surface area contributed by atoms with Gasteiger partial charge in [-0.15, -0.1) is 15.3 Å². The number of rotatable bonds is 4. The van der Waals surface area contributed by atoms with Gasteiger partial charge in [-0.2, -0.15) is 8.78 Å². The molecule has 26 heavy (non-hydrogen) atoms. The van der Waals surface area contributed by atoms with Crippen molar-refractivity contribution in [1.29, 1.82) is 0 Å². The van der Waals surface area contributed by atoms with Gasteiger partial charge in [0.05, 0.1) is 6.20 Å². The molecule has 0 radical (unpaired) electrons. The highest BCUT2D eigenvalue weighted by molar-refractivity contribution is 5.98. The van der Waals surface area contributed by atoms with E-state index in [2.05, 4.69) is 35.3 Å². The molecule has 11 heteroatoms. The van der Waals surface area contributed by atoms with Gasteiger partial charge in [-0.1, -0.05) is 0 Å². The van der Waals surface area contributed by atoms with Crippen LogP contribution in [0.4, 0.5) is 20.4 Å². The zero-order valence-corrected chi connectivity index (χ0v) is 13.4. The second-order valence-corrected chi connectivity index (χ2v) is 5.28. The van der Waals surface area contributed by atoms with Crippen LogP contribution >= 0.6 is 0 Å². The largest absolute Gasteiger partial charge is 0.433 e. The highest BCUT2D eigenvalue weighted by Crippen LogP contribution is 2.29. The van der Waals surface area contributed by atoms with Crippen LogP contribution in [0.3, 0.4) is 0 Å². The predicted octanol–water partition coefficient (Wildman–Crippen LogP) is 1.96. The van der Waals surface area contributed by atoms with E-state index in [-0.39, 0.29) is 11.6 Å². The summed E-state index contributed by atoms with van der Waals surface area (Å²) in [6.45, 7) is -2.92. The summed E-state index contributed by atoms with van der Waals surface area (Å²) in [5.41, 5.74) is 7.31. The summed E-state index contributed by atoms with van der Waals surface area (Å²) in [7, 11) is 1.72. The average Bonchev–Trinajstić information content (AvgIpc) is 3.03. The minimum absolute atomic E-state index is 0.0208. The molecule has 0 bridgehead atoms. The van der Waals surface area contributed by atoms with Crippen molar-refractivity contribution in [1.82, 2.24) is 29.8 Å². The maximum absolute atomic E-state index is 12.4. The smallest absolute Gasteiger partial charge is 0.387 e. The molecular weight excluding hydrogens is 346 g/mol. The number of aromatic nitrogens is 6. The van der Waals surface area contributed by atoms with Gasteiger partial charge < -0.3 is 15.8 Å². The third kappa shape index (κ3) is 2.68. The van der Waals surface area contributed by atoms with Crippen LogP contribution in [0.1, 0.15) is 0 Å². The van der Waals surface area contributed by atoms with E-state index in [1.54, 1.807) is 19.3 Å². The number of halogens is 2. The molecule has 0 atom stereocenters. The van der Waals surface area contributed by atoms with Crippen LogP contribution in [0.2, 0.25) is 0 Å². The molecule has 4 aromatic heterocycles. The molecule has 0 aliphatic heterocycles. The Labute approximate surface area is 144 Å². The normalized spacial score (nSPS) is 11.4. The Balaban J connectivity index is 1.88. The van der Waals surface area contributed by atoms with E-state index in [1.807, 2.05) is 0 Å². The Kier molecular flexibility index (Phi) is 3.68. The lowest BCUT2D eigenvalue weighted by Gasteiger charge is -2.07. The van der Waals surface area contributed by atoms with Gasteiger partial charge in [0, 0.05) is 24.2 Å². The van der Waals surface area contributed by atoms with Gasteiger partial charge in [0.2, 0.25) is 0 Å². The summed E-state index contributed by atoms with van der Waals surface area (Å²) in [5, 5.41) is 15.8. The molecule has 0 aliphatic carbocycles. The van der Waals surface area contributed by atoms with Gasteiger partial charge in [0.15, 0.2) is 17.3 Å². The number of pyridine rings is 2. The van der Waals surface area contributed by atoms with Crippen molar-refractivity contribution in [3.63, 3.8) is 0 Å². The number of nitrogen functional groups attached to an aromatic ring is 1. The second-order valence-electron chi connectivity index (χ2n) is 5.28. The van der Waals surface area contributed by atoms with Crippen molar-refractivity contribution in [2.45, 2.75) is 6.61 Å². The number of alkyl halides is 2. The number of hydrogen-bond donors (Lipinski definition) is 2. The number of hydrogen-bond acceptors (Lipinski definition) is 8. The van der Waals surface area contributed by atoms with Crippen molar-refractivity contribution < 1.29 is 13.5 Å². The van der Waals surface area contributed by atoms with Gasteiger partial charge in [0.25, 0.3) is 0 Å². The summed E-state index contributed by atoms with van der Waals surface area (Å²) < 4.78 is 30.5. The van der Waals surface area contributed by atoms with Crippen LogP contribution in [-0.2, 0) is 0 Å². The van der Waals surface area contributed by atoms with E-state index >= 15 is 0 Å². The molecule has 9 nitrogen and oxygen atoms in total. The fourth-order valence-corrected chi connectivity index (χ4v) is 2.56. The van der Waals surface area contributed by atoms with E-state index in [0.29, 0.717) is 33.8 Å². The molecule has 0 unspecified atom stereocenters. The molecule has 132 valence electrons. The highest BCUT2D eigenvalue weighted by Gasteiger charge is 2.15. The Morgan fingerprint density at radius 1 is 1.27 bits per heavy atom. The standard InChI is InChI=1S/C15H12F2N8O/c1-19-14-12-8(4-10(18)22-23-12)9(5-20-14)13-21-11-3-2-7(26-15(16)17)6-25(11)24-13/h2-6,15H,1H3,(H2,18,22)(H,19,20). The number of fused-ring (bicyclic) bond motifs is 2. The van der Waals surface area contributed by atoms with Crippen LogP contribution in [0, 0.1) is 0 Å². The highest BCUT2D eigenvalue weighted by atomic mass is 19.3. The lowest BCUT2D eigenvalue weighted by atomic mass is 10.1. The second kappa shape index (κ2) is 6.02. The van der Waals surface area contributed by atoms with Crippen molar-refractivity contribution in [3.8, 4) is 17.1 Å². The molecule has 0 aromatic carbocycles. The van der Waals surface area contributed by atoms with E-state index in [1.165, 1.54) is 22.8 Å². The zero-order valence-electron chi connectivity index (χ0n) is 13.4. The maximum Gasteiger partial charge on any atom is 0.387 e. The first kappa shape index (κ1) is 15.9. The first-order valence-electron chi connectivity index (χ1n) is 7.46. The molecule has 3 N–H and O–H groups in total. The van der Waals surface area contributed by atoms with E-state index in [9.17, 15) is 8.78 Å². The minimum atomic E-state index is -2.92. The Morgan fingerprint density at radius 3 is 2.88 bits per heavy atom. The Bertz CT molecular complexity index is 1110. The third-order valence-electron chi connectivity index (χ3n) is 3.66. The molecule has 0 spiro atoms. The molecule has 4 heterocycles. The van der Waals surface area contributed by atoms with Crippen molar-refractivity contribution in [2.75, 3.05) is 18.1 Å². The molecule has 0 saturated heterocycles. The van der Waals surface area contributed by atoms with Gasteiger partial charge in [-0.05, 0) is 18.2 Å².